The predicted molar refractivity (Wildman–Crippen MR) is 143 cm³/mol. The molecule has 1 heterocycles. The van der Waals surface area contributed by atoms with Gasteiger partial charge in [-0.2, -0.15) is 0 Å². The molecule has 0 bridgehead atoms. The summed E-state index contributed by atoms with van der Waals surface area (Å²) in [5.41, 5.74) is 1.73. The number of aliphatic imine (C=N–C) groups is 1. The Morgan fingerprint density at radius 3 is 1.94 bits per heavy atom. The Kier molecular flexibility index (Phi) is 7.65. The Labute approximate surface area is 212 Å². The van der Waals surface area contributed by atoms with Gasteiger partial charge in [-0.25, -0.2) is 4.99 Å². The first kappa shape index (κ1) is 25.3. The smallest absolute Gasteiger partial charge is 0.265 e. The first-order valence-electron chi connectivity index (χ1n) is 12.5. The van der Waals surface area contributed by atoms with Crippen LogP contribution in [0.5, 0.6) is 0 Å². The van der Waals surface area contributed by atoms with Gasteiger partial charge in [0.2, 0.25) is 5.91 Å². The third-order valence-electron chi connectivity index (χ3n) is 6.93. The van der Waals surface area contributed by atoms with Gasteiger partial charge in [0, 0.05) is 11.6 Å². The van der Waals surface area contributed by atoms with Crippen molar-refractivity contribution in [1.82, 2.24) is 4.90 Å². The molecule has 0 fully saturated rings. The van der Waals surface area contributed by atoms with E-state index in [0.717, 1.165) is 24.0 Å². The van der Waals surface area contributed by atoms with Crippen molar-refractivity contribution in [3.8, 4) is 0 Å². The summed E-state index contributed by atoms with van der Waals surface area (Å²) in [5, 5.41) is 14.0. The van der Waals surface area contributed by atoms with Crippen LogP contribution in [-0.4, -0.2) is 34.2 Å². The summed E-state index contributed by atoms with van der Waals surface area (Å²) in [5.74, 6) is 0.348. The Morgan fingerprint density at radius 1 is 0.917 bits per heavy atom. The SMILES string of the molecule is CCC(CC)C(=O)Nc1ccc(C(O)CN2C(=O)C(c3ccccc3)(c3ccccc3)N=C2C)cc1. The highest BCUT2D eigenvalue weighted by atomic mass is 16.3. The third-order valence-corrected chi connectivity index (χ3v) is 6.93. The lowest BCUT2D eigenvalue weighted by Crippen LogP contribution is -2.43. The highest BCUT2D eigenvalue weighted by Gasteiger charge is 2.50. The molecule has 1 aliphatic rings. The maximum absolute atomic E-state index is 14.0. The van der Waals surface area contributed by atoms with E-state index < -0.39 is 11.6 Å². The lowest BCUT2D eigenvalue weighted by atomic mass is 9.83. The molecule has 6 nitrogen and oxygen atoms in total. The summed E-state index contributed by atoms with van der Waals surface area (Å²) in [6.07, 6.45) is 0.666. The second-order valence-corrected chi connectivity index (χ2v) is 9.16. The van der Waals surface area contributed by atoms with Gasteiger partial charge in [0.15, 0.2) is 5.54 Å². The van der Waals surface area contributed by atoms with E-state index in [0.29, 0.717) is 17.1 Å². The van der Waals surface area contributed by atoms with E-state index in [-0.39, 0.29) is 24.3 Å². The van der Waals surface area contributed by atoms with Crippen LogP contribution in [0.3, 0.4) is 0 Å². The van der Waals surface area contributed by atoms with E-state index in [1.54, 1.807) is 36.1 Å². The maximum atomic E-state index is 14.0. The van der Waals surface area contributed by atoms with Crippen LogP contribution in [0.1, 0.15) is 56.4 Å². The fraction of sp³-hybridized carbons (Fsp3) is 0.300. The molecule has 0 saturated carbocycles. The van der Waals surface area contributed by atoms with E-state index >= 15 is 0 Å². The van der Waals surface area contributed by atoms with Crippen LogP contribution in [0.25, 0.3) is 0 Å². The fourth-order valence-corrected chi connectivity index (χ4v) is 4.78. The number of hydrogen-bond donors (Lipinski definition) is 2. The summed E-state index contributed by atoms with van der Waals surface area (Å²) in [4.78, 5) is 32.8. The number of anilines is 1. The molecule has 186 valence electrons. The predicted octanol–water partition coefficient (Wildman–Crippen LogP) is 5.30. The summed E-state index contributed by atoms with van der Waals surface area (Å²) in [7, 11) is 0. The molecule has 1 atom stereocenters. The first-order chi connectivity index (χ1) is 17.4. The number of hydrogen-bond acceptors (Lipinski definition) is 4. The Balaban J connectivity index is 1.54. The molecule has 36 heavy (non-hydrogen) atoms. The van der Waals surface area contributed by atoms with Gasteiger partial charge in [-0.3, -0.25) is 14.5 Å². The molecule has 0 aromatic heterocycles. The molecule has 3 aromatic carbocycles. The van der Waals surface area contributed by atoms with Gasteiger partial charge in [0.05, 0.1) is 12.6 Å². The average Bonchev–Trinajstić information content (AvgIpc) is 3.16. The molecule has 3 aromatic rings. The number of benzene rings is 3. The molecule has 1 unspecified atom stereocenters. The van der Waals surface area contributed by atoms with Crippen LogP contribution in [0.4, 0.5) is 5.69 Å². The van der Waals surface area contributed by atoms with Crippen molar-refractivity contribution in [3.63, 3.8) is 0 Å². The quantitative estimate of drug-likeness (QED) is 0.433. The van der Waals surface area contributed by atoms with Gasteiger partial charge in [0.25, 0.3) is 5.91 Å². The van der Waals surface area contributed by atoms with Crippen molar-refractivity contribution >= 4 is 23.3 Å². The number of amidine groups is 1. The van der Waals surface area contributed by atoms with E-state index in [1.807, 2.05) is 74.5 Å². The zero-order chi connectivity index (χ0) is 25.7. The second-order valence-electron chi connectivity index (χ2n) is 9.16. The molecule has 0 radical (unpaired) electrons. The number of nitrogens with zero attached hydrogens (tertiary/aromatic N) is 2. The van der Waals surface area contributed by atoms with E-state index in [2.05, 4.69) is 5.32 Å². The standard InChI is InChI=1S/C30H33N3O3/c1-4-22(5-2)28(35)31-26-18-16-23(17-19-26)27(34)20-33-21(3)32-30(29(33)36,24-12-8-6-9-13-24)25-14-10-7-11-15-25/h6-19,22,27,34H,4-5,20H2,1-3H3,(H,31,35). The van der Waals surface area contributed by atoms with Crippen LogP contribution in [-0.2, 0) is 15.1 Å². The van der Waals surface area contributed by atoms with Crippen LogP contribution in [0.15, 0.2) is 89.9 Å². The van der Waals surface area contributed by atoms with Crippen molar-refractivity contribution in [2.24, 2.45) is 10.9 Å². The van der Waals surface area contributed by atoms with Gasteiger partial charge >= 0.3 is 0 Å². The Hall–Kier alpha value is -3.77. The average molecular weight is 484 g/mol. The zero-order valence-electron chi connectivity index (χ0n) is 21.0. The van der Waals surface area contributed by atoms with Crippen LogP contribution in [0.2, 0.25) is 0 Å². The summed E-state index contributed by atoms with van der Waals surface area (Å²) in [6, 6.07) is 26.2. The number of amides is 2. The number of aliphatic hydroxyl groups excluding tert-OH is 1. The minimum Gasteiger partial charge on any atom is -0.387 e. The molecule has 1 aliphatic heterocycles. The Bertz CT molecular complexity index is 1180. The fourth-order valence-electron chi connectivity index (χ4n) is 4.78. The van der Waals surface area contributed by atoms with Crippen molar-refractivity contribution < 1.29 is 14.7 Å². The molecule has 0 saturated heterocycles. The number of nitrogens with one attached hydrogen (secondary N) is 1. The normalized spacial score (nSPS) is 15.6. The maximum Gasteiger partial charge on any atom is 0.265 e. The van der Waals surface area contributed by atoms with Crippen LogP contribution < -0.4 is 5.32 Å². The van der Waals surface area contributed by atoms with Crippen molar-refractivity contribution in [2.75, 3.05) is 11.9 Å². The van der Waals surface area contributed by atoms with Gasteiger partial charge in [0.1, 0.15) is 5.84 Å². The van der Waals surface area contributed by atoms with Gasteiger partial charge in [-0.15, -0.1) is 0 Å². The van der Waals surface area contributed by atoms with Gasteiger partial charge in [-0.1, -0.05) is 86.6 Å². The monoisotopic (exact) mass is 483 g/mol. The summed E-state index contributed by atoms with van der Waals surface area (Å²) < 4.78 is 0. The van der Waals surface area contributed by atoms with E-state index in [1.165, 1.54) is 0 Å². The second kappa shape index (κ2) is 10.9. The van der Waals surface area contributed by atoms with Crippen molar-refractivity contribution in [1.29, 1.82) is 0 Å². The molecule has 2 amide bonds. The van der Waals surface area contributed by atoms with E-state index in [9.17, 15) is 14.7 Å². The molecule has 4 rings (SSSR count). The minimum absolute atomic E-state index is 0.000891. The number of aliphatic hydroxyl groups is 1. The van der Waals surface area contributed by atoms with Gasteiger partial charge < -0.3 is 10.4 Å². The van der Waals surface area contributed by atoms with E-state index in [4.69, 9.17) is 4.99 Å². The highest BCUT2D eigenvalue weighted by molar-refractivity contribution is 6.09. The van der Waals surface area contributed by atoms with Gasteiger partial charge in [-0.05, 0) is 48.6 Å². The van der Waals surface area contributed by atoms with Crippen LogP contribution >= 0.6 is 0 Å². The Morgan fingerprint density at radius 2 is 1.44 bits per heavy atom. The topological polar surface area (TPSA) is 82.0 Å². The summed E-state index contributed by atoms with van der Waals surface area (Å²) in [6.45, 7) is 5.88. The first-order valence-corrected chi connectivity index (χ1v) is 12.5. The number of carbonyl (C=O) groups excluding carboxylic acids is 2. The highest BCUT2D eigenvalue weighted by Crippen LogP contribution is 2.40. The minimum atomic E-state index is -1.18. The molecule has 0 spiro atoms. The molecule has 6 heteroatoms. The van der Waals surface area contributed by atoms with Crippen LogP contribution in [0, 0.1) is 5.92 Å². The zero-order valence-corrected chi connectivity index (χ0v) is 21.0. The van der Waals surface area contributed by atoms with Crippen molar-refractivity contribution in [2.45, 2.75) is 45.3 Å². The van der Waals surface area contributed by atoms with Crippen molar-refractivity contribution in [3.05, 3.63) is 102 Å². The largest absolute Gasteiger partial charge is 0.387 e. The lowest BCUT2D eigenvalue weighted by Gasteiger charge is -2.28. The number of carbonyl (C=O) groups is 2. The molecular formula is C30H33N3O3. The summed E-state index contributed by atoms with van der Waals surface area (Å²) >= 11 is 0. The number of β-amino-alcohol motifs (C(OH)–C–C–N with tert-alkyl or cyclic N) is 1. The molecular weight excluding hydrogens is 450 g/mol. The molecule has 2 N–H and O–H groups in total. The lowest BCUT2D eigenvalue weighted by molar-refractivity contribution is -0.131. The number of rotatable bonds is 9. The third kappa shape index (κ3) is 4.82. The molecule has 0 aliphatic carbocycles.